The van der Waals surface area contributed by atoms with Gasteiger partial charge in [0.25, 0.3) is 0 Å². The van der Waals surface area contributed by atoms with E-state index in [2.05, 4.69) is 10.1 Å². The van der Waals surface area contributed by atoms with Crippen LogP contribution in [0.5, 0.6) is 0 Å². The fourth-order valence-electron chi connectivity index (χ4n) is 2.30. The molecule has 8 heteroatoms. The number of aromatic nitrogens is 3. The van der Waals surface area contributed by atoms with Crippen LogP contribution in [0, 0.1) is 6.92 Å². The molecule has 1 fully saturated rings. The highest BCUT2D eigenvalue weighted by molar-refractivity contribution is 5.68. The van der Waals surface area contributed by atoms with Crippen molar-refractivity contribution in [3.63, 3.8) is 0 Å². The zero-order valence-electron chi connectivity index (χ0n) is 10.8. The van der Waals surface area contributed by atoms with Gasteiger partial charge >= 0.3 is 6.18 Å². The zero-order chi connectivity index (χ0) is 14.3. The fraction of sp³-hybridized carbons (Fsp3) is 0.500. The summed E-state index contributed by atoms with van der Waals surface area (Å²) in [5.41, 5.74) is 1.39. The van der Waals surface area contributed by atoms with Gasteiger partial charge in [-0.2, -0.15) is 18.3 Å². The van der Waals surface area contributed by atoms with Crippen LogP contribution in [0.3, 0.4) is 0 Å². The molecule has 1 saturated heterocycles. The van der Waals surface area contributed by atoms with E-state index < -0.39 is 12.3 Å². The number of alkyl halides is 3. The molecule has 2 aromatic rings. The number of rotatable bonds is 1. The second-order valence-electron chi connectivity index (χ2n) is 4.71. The first-order valence-corrected chi connectivity index (χ1v) is 6.19. The number of aryl methyl sites for hydroxylation is 1. The number of morpholine rings is 1. The molecule has 2 aromatic heterocycles. The Balaban J connectivity index is 1.96. The Bertz CT molecular complexity index is 625. The summed E-state index contributed by atoms with van der Waals surface area (Å²) in [5, 5.41) is 4.10. The Morgan fingerprint density at radius 1 is 1.40 bits per heavy atom. The van der Waals surface area contributed by atoms with Crippen molar-refractivity contribution in [2.75, 3.05) is 24.6 Å². The highest BCUT2D eigenvalue weighted by Gasteiger charge is 2.43. The summed E-state index contributed by atoms with van der Waals surface area (Å²) in [6, 6.07) is 1.74. The van der Waals surface area contributed by atoms with Crippen LogP contribution in [-0.2, 0) is 4.74 Å². The van der Waals surface area contributed by atoms with Gasteiger partial charge in [-0.05, 0) is 13.0 Å². The third kappa shape index (κ3) is 2.31. The number of hydrogen-bond donors (Lipinski definition) is 0. The minimum atomic E-state index is -4.36. The van der Waals surface area contributed by atoms with E-state index in [-0.39, 0.29) is 13.2 Å². The highest BCUT2D eigenvalue weighted by atomic mass is 19.4. The van der Waals surface area contributed by atoms with Crippen LogP contribution < -0.4 is 4.90 Å². The van der Waals surface area contributed by atoms with Crippen molar-refractivity contribution in [2.45, 2.75) is 19.2 Å². The van der Waals surface area contributed by atoms with Crippen molar-refractivity contribution in [3.8, 4) is 0 Å². The lowest BCUT2D eigenvalue weighted by molar-refractivity contribution is -0.221. The fourth-order valence-corrected chi connectivity index (χ4v) is 2.30. The summed E-state index contributed by atoms with van der Waals surface area (Å²) in [7, 11) is 0. The van der Waals surface area contributed by atoms with E-state index in [4.69, 9.17) is 4.74 Å². The molecule has 1 aliphatic heterocycles. The van der Waals surface area contributed by atoms with Crippen molar-refractivity contribution in [1.82, 2.24) is 14.6 Å². The monoisotopic (exact) mass is 286 g/mol. The lowest BCUT2D eigenvalue weighted by atomic mass is 10.2. The minimum absolute atomic E-state index is 0.0279. The molecule has 0 amide bonds. The average Bonchev–Trinajstić information content (AvgIpc) is 2.85. The number of anilines is 1. The summed E-state index contributed by atoms with van der Waals surface area (Å²) in [6.45, 7) is 1.94. The first-order valence-electron chi connectivity index (χ1n) is 6.19. The number of halogens is 3. The van der Waals surface area contributed by atoms with E-state index in [0.29, 0.717) is 23.6 Å². The van der Waals surface area contributed by atoms with Crippen molar-refractivity contribution in [3.05, 3.63) is 24.2 Å². The van der Waals surface area contributed by atoms with E-state index in [1.165, 1.54) is 0 Å². The van der Waals surface area contributed by atoms with E-state index in [0.717, 1.165) is 0 Å². The minimum Gasteiger partial charge on any atom is -0.365 e. The second-order valence-corrected chi connectivity index (χ2v) is 4.71. The predicted molar refractivity (Wildman–Crippen MR) is 65.7 cm³/mol. The molecule has 0 aromatic carbocycles. The lowest BCUT2D eigenvalue weighted by Gasteiger charge is -2.34. The third-order valence-corrected chi connectivity index (χ3v) is 3.22. The summed E-state index contributed by atoms with van der Waals surface area (Å²) in [5.74, 6) is 0.514. The van der Waals surface area contributed by atoms with Crippen LogP contribution in [0.4, 0.5) is 19.0 Å². The Kier molecular flexibility index (Phi) is 3.04. The second kappa shape index (κ2) is 4.62. The molecule has 3 rings (SSSR count). The molecule has 20 heavy (non-hydrogen) atoms. The third-order valence-electron chi connectivity index (χ3n) is 3.22. The van der Waals surface area contributed by atoms with Crippen LogP contribution in [0.2, 0.25) is 0 Å². The predicted octanol–water partition coefficient (Wildman–Crippen LogP) is 1.81. The van der Waals surface area contributed by atoms with Crippen LogP contribution in [-0.4, -0.2) is 46.6 Å². The molecule has 0 saturated carbocycles. The van der Waals surface area contributed by atoms with Crippen LogP contribution >= 0.6 is 0 Å². The molecule has 3 heterocycles. The molecule has 108 valence electrons. The molecule has 0 spiro atoms. The smallest absolute Gasteiger partial charge is 0.365 e. The SMILES string of the molecule is Cc1cn2nccc2c(N2CCO[C@H](C(F)(F)F)C2)n1. The Morgan fingerprint density at radius 3 is 2.95 bits per heavy atom. The summed E-state index contributed by atoms with van der Waals surface area (Å²) in [6.07, 6.45) is -2.80. The van der Waals surface area contributed by atoms with E-state index in [1.807, 2.05) is 0 Å². The van der Waals surface area contributed by atoms with Crippen molar-refractivity contribution >= 4 is 11.3 Å². The first kappa shape index (κ1) is 13.2. The maximum absolute atomic E-state index is 12.8. The van der Waals surface area contributed by atoms with Gasteiger partial charge in [0.15, 0.2) is 11.9 Å². The molecule has 1 aliphatic rings. The van der Waals surface area contributed by atoms with E-state index in [1.54, 1.807) is 34.8 Å². The maximum Gasteiger partial charge on any atom is 0.416 e. The number of hydrogen-bond acceptors (Lipinski definition) is 4. The summed E-state index contributed by atoms with van der Waals surface area (Å²) >= 11 is 0. The molecule has 0 unspecified atom stereocenters. The number of fused-ring (bicyclic) bond motifs is 1. The molecular formula is C12H13F3N4O. The van der Waals surface area contributed by atoms with Gasteiger partial charge in [0.1, 0.15) is 5.52 Å². The van der Waals surface area contributed by atoms with Gasteiger partial charge < -0.3 is 9.64 Å². The van der Waals surface area contributed by atoms with Gasteiger partial charge in [-0.1, -0.05) is 0 Å². The molecule has 5 nitrogen and oxygen atoms in total. The number of ether oxygens (including phenoxy) is 1. The van der Waals surface area contributed by atoms with Crippen LogP contribution in [0.15, 0.2) is 18.5 Å². The average molecular weight is 286 g/mol. The van der Waals surface area contributed by atoms with Gasteiger partial charge in [-0.3, -0.25) is 0 Å². The van der Waals surface area contributed by atoms with Crippen molar-refractivity contribution in [2.24, 2.45) is 0 Å². The van der Waals surface area contributed by atoms with Crippen LogP contribution in [0.25, 0.3) is 5.52 Å². The Morgan fingerprint density at radius 2 is 2.20 bits per heavy atom. The van der Waals surface area contributed by atoms with E-state index in [9.17, 15) is 13.2 Å². The molecular weight excluding hydrogens is 273 g/mol. The van der Waals surface area contributed by atoms with Gasteiger partial charge in [0.2, 0.25) is 0 Å². The van der Waals surface area contributed by atoms with Gasteiger partial charge in [-0.15, -0.1) is 0 Å². The quantitative estimate of drug-likeness (QED) is 0.802. The topological polar surface area (TPSA) is 42.7 Å². The van der Waals surface area contributed by atoms with Crippen molar-refractivity contribution < 1.29 is 17.9 Å². The summed E-state index contributed by atoms with van der Waals surface area (Å²) in [4.78, 5) is 5.96. The maximum atomic E-state index is 12.8. The molecule has 0 aliphatic carbocycles. The molecule has 1 atom stereocenters. The molecule has 0 bridgehead atoms. The molecule has 0 radical (unpaired) electrons. The van der Waals surface area contributed by atoms with Crippen molar-refractivity contribution in [1.29, 1.82) is 0 Å². The summed E-state index contributed by atoms with van der Waals surface area (Å²) < 4.78 is 44.7. The van der Waals surface area contributed by atoms with Crippen LogP contribution in [0.1, 0.15) is 5.69 Å². The van der Waals surface area contributed by atoms with Gasteiger partial charge in [-0.25, -0.2) is 9.50 Å². The number of nitrogens with zero attached hydrogens (tertiary/aromatic N) is 4. The highest BCUT2D eigenvalue weighted by Crippen LogP contribution is 2.29. The standard InChI is InChI=1S/C12H13F3N4O/c1-8-6-19-9(2-3-16-19)11(17-8)18-4-5-20-10(7-18)12(13,14)15/h2-3,6,10H,4-5,7H2,1H3/t10-/m0/s1. The lowest BCUT2D eigenvalue weighted by Crippen LogP contribution is -2.49. The molecule has 0 N–H and O–H groups in total. The Labute approximate surface area is 113 Å². The Hall–Kier alpha value is -1.83. The first-order chi connectivity index (χ1) is 9.45. The van der Waals surface area contributed by atoms with Gasteiger partial charge in [0.05, 0.1) is 31.2 Å². The normalized spacial score (nSPS) is 20.6. The van der Waals surface area contributed by atoms with Gasteiger partial charge in [0, 0.05) is 6.54 Å². The zero-order valence-corrected chi connectivity index (χ0v) is 10.8. The van der Waals surface area contributed by atoms with E-state index >= 15 is 0 Å². The largest absolute Gasteiger partial charge is 0.416 e.